The van der Waals surface area contributed by atoms with Crippen molar-refractivity contribution in [3.05, 3.63) is 47.8 Å². The van der Waals surface area contributed by atoms with Crippen LogP contribution in [0.1, 0.15) is 15.9 Å². The summed E-state index contributed by atoms with van der Waals surface area (Å²) in [7, 11) is 0. The van der Waals surface area contributed by atoms with Crippen LogP contribution in [0.2, 0.25) is 0 Å². The average Bonchev–Trinajstić information content (AvgIpc) is 2.73. The molecule has 0 saturated heterocycles. The highest BCUT2D eigenvalue weighted by molar-refractivity contribution is 6.52. The Kier molecular flexibility index (Phi) is 2.79. The van der Waals surface area contributed by atoms with Crippen molar-refractivity contribution in [2.75, 3.05) is 5.32 Å². The Labute approximate surface area is 116 Å². The van der Waals surface area contributed by atoms with Gasteiger partial charge in [0.25, 0.3) is 11.7 Å². The van der Waals surface area contributed by atoms with E-state index in [0.29, 0.717) is 5.56 Å². The number of hydrogen-bond acceptors (Lipinski definition) is 3. The van der Waals surface area contributed by atoms with E-state index in [2.05, 4.69) is 4.98 Å². The van der Waals surface area contributed by atoms with Gasteiger partial charge in [0, 0.05) is 12.4 Å². The molecule has 0 radical (unpaired) electrons. The summed E-state index contributed by atoms with van der Waals surface area (Å²) in [6, 6.07) is 5.24. The first kappa shape index (κ1) is 13.3. The van der Waals surface area contributed by atoms with Crippen molar-refractivity contribution < 1.29 is 22.8 Å². The van der Waals surface area contributed by atoms with E-state index < -0.39 is 29.1 Å². The molecule has 7 heteroatoms. The number of carbonyl (C=O) groups is 2. The normalized spacial score (nSPS) is 14.0. The standard InChI is InChI=1S/C14H7F3N2O2/c15-14(16,17)10-6-8(7-1-3-18-4-2-7)5-9-11(10)19-13(21)12(9)20/h1-6H,(H,19,20,21). The fraction of sp³-hybridized carbons (Fsp3) is 0.0714. The maximum Gasteiger partial charge on any atom is 0.418 e. The molecule has 0 atom stereocenters. The molecule has 3 rings (SSSR count). The summed E-state index contributed by atoms with van der Waals surface area (Å²) in [4.78, 5) is 26.8. The second-order valence-electron chi connectivity index (χ2n) is 4.46. The van der Waals surface area contributed by atoms with Gasteiger partial charge in [0.05, 0.1) is 16.8 Å². The third-order valence-corrected chi connectivity index (χ3v) is 3.15. The number of hydrogen-bond donors (Lipinski definition) is 1. The lowest BCUT2D eigenvalue weighted by molar-refractivity contribution is -0.136. The third kappa shape index (κ3) is 2.16. The zero-order valence-corrected chi connectivity index (χ0v) is 10.4. The van der Waals surface area contributed by atoms with Gasteiger partial charge in [-0.1, -0.05) is 0 Å². The van der Waals surface area contributed by atoms with E-state index in [-0.39, 0.29) is 11.1 Å². The van der Waals surface area contributed by atoms with Crippen LogP contribution in [0.3, 0.4) is 0 Å². The third-order valence-electron chi connectivity index (χ3n) is 3.15. The molecule has 1 aliphatic heterocycles. The molecule has 2 aromatic rings. The van der Waals surface area contributed by atoms with E-state index in [9.17, 15) is 22.8 Å². The number of amides is 1. The van der Waals surface area contributed by atoms with Gasteiger partial charge in [0.2, 0.25) is 0 Å². The Morgan fingerprint density at radius 2 is 1.67 bits per heavy atom. The maximum atomic E-state index is 13.1. The predicted octanol–water partition coefficient (Wildman–Crippen LogP) is 2.90. The lowest BCUT2D eigenvalue weighted by Crippen LogP contribution is -2.13. The SMILES string of the molecule is O=C1Nc2c(cc(-c3ccncc3)cc2C(F)(F)F)C1=O. The van der Waals surface area contributed by atoms with E-state index in [4.69, 9.17) is 0 Å². The minimum atomic E-state index is -4.68. The molecular formula is C14H7F3N2O2. The van der Waals surface area contributed by atoms with Gasteiger partial charge in [-0.15, -0.1) is 0 Å². The quantitative estimate of drug-likeness (QED) is 0.822. The van der Waals surface area contributed by atoms with E-state index in [1.165, 1.54) is 30.6 Å². The monoisotopic (exact) mass is 292 g/mol. The molecule has 1 N–H and O–H groups in total. The number of pyridine rings is 1. The van der Waals surface area contributed by atoms with Crippen molar-refractivity contribution in [2.45, 2.75) is 6.18 Å². The predicted molar refractivity (Wildman–Crippen MR) is 67.6 cm³/mol. The average molecular weight is 292 g/mol. The van der Waals surface area contributed by atoms with Gasteiger partial charge in [-0.25, -0.2) is 0 Å². The van der Waals surface area contributed by atoms with E-state index in [1.807, 2.05) is 5.32 Å². The molecule has 0 spiro atoms. The topological polar surface area (TPSA) is 59.1 Å². The maximum absolute atomic E-state index is 13.1. The Hall–Kier alpha value is -2.70. The second-order valence-corrected chi connectivity index (χ2v) is 4.46. The zero-order chi connectivity index (χ0) is 15.2. The minimum absolute atomic E-state index is 0.202. The number of anilines is 1. The highest BCUT2D eigenvalue weighted by Gasteiger charge is 2.40. The first-order valence-electron chi connectivity index (χ1n) is 5.89. The summed E-state index contributed by atoms with van der Waals surface area (Å²) in [5.41, 5.74) is -1.10. The van der Waals surface area contributed by atoms with Crippen molar-refractivity contribution in [2.24, 2.45) is 0 Å². The number of ketones is 1. The summed E-state index contributed by atoms with van der Waals surface area (Å²) in [5.74, 6) is -2.02. The van der Waals surface area contributed by atoms with Crippen molar-refractivity contribution in [1.29, 1.82) is 0 Å². The number of rotatable bonds is 1. The van der Waals surface area contributed by atoms with Crippen molar-refractivity contribution in [1.82, 2.24) is 4.98 Å². The van der Waals surface area contributed by atoms with Crippen molar-refractivity contribution in [3.8, 4) is 11.1 Å². The molecule has 1 aromatic heterocycles. The smallest absolute Gasteiger partial charge is 0.318 e. The lowest BCUT2D eigenvalue weighted by Gasteiger charge is -2.13. The van der Waals surface area contributed by atoms with E-state index in [0.717, 1.165) is 6.07 Å². The highest BCUT2D eigenvalue weighted by atomic mass is 19.4. The van der Waals surface area contributed by atoms with Crippen LogP contribution in [0.5, 0.6) is 0 Å². The molecule has 1 aliphatic rings. The first-order valence-corrected chi connectivity index (χ1v) is 5.89. The fourth-order valence-corrected chi connectivity index (χ4v) is 2.18. The number of carbonyl (C=O) groups excluding carboxylic acids is 2. The molecular weight excluding hydrogens is 285 g/mol. The van der Waals surface area contributed by atoms with Crippen LogP contribution < -0.4 is 5.32 Å². The van der Waals surface area contributed by atoms with E-state index >= 15 is 0 Å². The number of Topliss-reactive ketones (excluding diaryl/α,β-unsaturated/α-hetero) is 1. The molecule has 0 fully saturated rings. The van der Waals surface area contributed by atoms with Crippen LogP contribution in [0.15, 0.2) is 36.7 Å². The Bertz CT molecular complexity index is 755. The largest absolute Gasteiger partial charge is 0.418 e. The van der Waals surface area contributed by atoms with Gasteiger partial charge in [-0.3, -0.25) is 14.6 Å². The zero-order valence-electron chi connectivity index (χ0n) is 10.4. The molecule has 106 valence electrons. The van der Waals surface area contributed by atoms with Gasteiger partial charge in [-0.05, 0) is 35.4 Å². The first-order chi connectivity index (χ1) is 9.88. The molecule has 1 amide bonds. The van der Waals surface area contributed by atoms with Gasteiger partial charge in [0.1, 0.15) is 0 Å². The Morgan fingerprint density at radius 1 is 1.00 bits per heavy atom. The number of halogens is 3. The number of fused-ring (bicyclic) bond motifs is 1. The summed E-state index contributed by atoms with van der Waals surface area (Å²) in [5, 5.41) is 1.98. The number of nitrogens with zero attached hydrogens (tertiary/aromatic N) is 1. The molecule has 0 bridgehead atoms. The Morgan fingerprint density at radius 3 is 2.29 bits per heavy atom. The summed E-state index contributed by atoms with van der Waals surface area (Å²) in [6.07, 6.45) is -1.81. The van der Waals surface area contributed by atoms with Crippen LogP contribution in [-0.4, -0.2) is 16.7 Å². The Balaban J connectivity index is 2.27. The number of alkyl halides is 3. The molecule has 0 unspecified atom stereocenters. The summed E-state index contributed by atoms with van der Waals surface area (Å²) < 4.78 is 39.4. The molecule has 0 aliphatic carbocycles. The molecule has 2 heterocycles. The fourth-order valence-electron chi connectivity index (χ4n) is 2.18. The highest BCUT2D eigenvalue weighted by Crippen LogP contribution is 2.41. The van der Waals surface area contributed by atoms with Gasteiger partial charge in [0.15, 0.2) is 0 Å². The van der Waals surface area contributed by atoms with Crippen LogP contribution in [0.4, 0.5) is 18.9 Å². The lowest BCUT2D eigenvalue weighted by atomic mass is 9.98. The number of benzene rings is 1. The summed E-state index contributed by atoms with van der Waals surface area (Å²) in [6.45, 7) is 0. The van der Waals surface area contributed by atoms with E-state index in [1.54, 1.807) is 0 Å². The molecule has 21 heavy (non-hydrogen) atoms. The summed E-state index contributed by atoms with van der Waals surface area (Å²) >= 11 is 0. The molecule has 1 aromatic carbocycles. The van der Waals surface area contributed by atoms with Gasteiger partial charge in [-0.2, -0.15) is 13.2 Å². The van der Waals surface area contributed by atoms with Crippen LogP contribution in [-0.2, 0) is 11.0 Å². The second kappa shape index (κ2) is 4.41. The van der Waals surface area contributed by atoms with Gasteiger partial charge < -0.3 is 5.32 Å². The van der Waals surface area contributed by atoms with Crippen molar-refractivity contribution >= 4 is 17.4 Å². The molecule has 4 nitrogen and oxygen atoms in total. The van der Waals surface area contributed by atoms with Gasteiger partial charge >= 0.3 is 6.18 Å². The van der Waals surface area contributed by atoms with Crippen LogP contribution >= 0.6 is 0 Å². The van der Waals surface area contributed by atoms with Crippen LogP contribution in [0.25, 0.3) is 11.1 Å². The minimum Gasteiger partial charge on any atom is -0.318 e. The number of aromatic nitrogens is 1. The van der Waals surface area contributed by atoms with Crippen molar-refractivity contribution in [3.63, 3.8) is 0 Å². The van der Waals surface area contributed by atoms with Crippen LogP contribution in [0, 0.1) is 0 Å². The number of nitrogens with one attached hydrogen (secondary N) is 1. The molecule has 0 saturated carbocycles.